The number of nitrogens with zero attached hydrogens (tertiary/aromatic N) is 1. The summed E-state index contributed by atoms with van der Waals surface area (Å²) in [6.45, 7) is 2.84. The molecule has 0 aliphatic heterocycles. The first-order valence-electron chi connectivity index (χ1n) is 4.64. The van der Waals surface area contributed by atoms with Crippen molar-refractivity contribution in [2.24, 2.45) is 0 Å². The predicted molar refractivity (Wildman–Crippen MR) is 68.3 cm³/mol. The molecule has 0 amide bonds. The summed E-state index contributed by atoms with van der Waals surface area (Å²) in [6.07, 6.45) is 1.82. The number of nitrogens with one attached hydrogen (secondary N) is 1. The summed E-state index contributed by atoms with van der Waals surface area (Å²) in [5.41, 5.74) is 2.15. The number of hydrogen-bond acceptors (Lipinski definition) is 3. The van der Waals surface area contributed by atoms with Crippen LogP contribution in [0.2, 0.25) is 0 Å². The number of rotatable bonds is 3. The fraction of sp³-hybridized carbons (Fsp3) is 0.182. The van der Waals surface area contributed by atoms with E-state index in [9.17, 15) is 0 Å². The quantitative estimate of drug-likeness (QED) is 0.926. The van der Waals surface area contributed by atoms with Crippen LogP contribution in [0.3, 0.4) is 0 Å². The first kappa shape index (κ1) is 10.6. The zero-order valence-electron chi connectivity index (χ0n) is 8.33. The summed E-state index contributed by atoms with van der Waals surface area (Å²) < 4.78 is 1.17. The molecule has 2 aromatic rings. The molecular formula is C11H11BrN2S. The summed E-state index contributed by atoms with van der Waals surface area (Å²) in [5, 5.41) is 5.45. The summed E-state index contributed by atoms with van der Waals surface area (Å²) in [4.78, 5) is 5.47. The topological polar surface area (TPSA) is 24.9 Å². The molecule has 0 aromatic carbocycles. The van der Waals surface area contributed by atoms with Crippen LogP contribution in [0.4, 0.5) is 5.69 Å². The Morgan fingerprint density at radius 2 is 2.33 bits per heavy atom. The molecule has 2 aromatic heterocycles. The van der Waals surface area contributed by atoms with E-state index in [1.165, 1.54) is 9.35 Å². The van der Waals surface area contributed by atoms with E-state index in [1.807, 2.05) is 25.3 Å². The van der Waals surface area contributed by atoms with Crippen molar-refractivity contribution in [2.45, 2.75) is 13.5 Å². The van der Waals surface area contributed by atoms with E-state index in [0.717, 1.165) is 17.9 Å². The van der Waals surface area contributed by atoms with E-state index in [2.05, 4.69) is 37.7 Å². The molecule has 0 atom stereocenters. The minimum atomic E-state index is 0.849. The minimum absolute atomic E-state index is 0.849. The second kappa shape index (κ2) is 4.77. The van der Waals surface area contributed by atoms with Gasteiger partial charge in [-0.3, -0.25) is 4.98 Å². The smallest absolute Gasteiger partial charge is 0.0505 e. The average molecular weight is 283 g/mol. The van der Waals surface area contributed by atoms with Crippen molar-refractivity contribution in [1.82, 2.24) is 4.98 Å². The van der Waals surface area contributed by atoms with E-state index in [-0.39, 0.29) is 0 Å². The lowest BCUT2D eigenvalue weighted by atomic mass is 10.3. The van der Waals surface area contributed by atoms with Gasteiger partial charge in [0.1, 0.15) is 0 Å². The van der Waals surface area contributed by atoms with Crippen LogP contribution in [-0.2, 0) is 6.54 Å². The molecule has 0 aliphatic rings. The van der Waals surface area contributed by atoms with Crippen LogP contribution in [0.5, 0.6) is 0 Å². The van der Waals surface area contributed by atoms with Gasteiger partial charge < -0.3 is 5.32 Å². The van der Waals surface area contributed by atoms with Gasteiger partial charge in [0.05, 0.1) is 6.54 Å². The summed E-state index contributed by atoms with van der Waals surface area (Å²) >= 11 is 5.26. The fourth-order valence-corrected chi connectivity index (χ4v) is 2.72. The maximum atomic E-state index is 4.16. The highest BCUT2D eigenvalue weighted by molar-refractivity contribution is 9.10. The summed E-state index contributed by atoms with van der Waals surface area (Å²) in [5.74, 6) is 0. The van der Waals surface area contributed by atoms with Crippen molar-refractivity contribution in [2.75, 3.05) is 5.32 Å². The molecule has 1 N–H and O–H groups in total. The molecule has 0 saturated carbocycles. The maximum absolute atomic E-state index is 4.16. The van der Waals surface area contributed by atoms with Gasteiger partial charge in [-0.25, -0.2) is 0 Å². The second-order valence-corrected chi connectivity index (χ2v) is 5.09. The van der Waals surface area contributed by atoms with Gasteiger partial charge in [-0.05, 0) is 46.4 Å². The number of aromatic nitrogens is 1. The molecule has 2 rings (SSSR count). The highest BCUT2D eigenvalue weighted by Gasteiger charge is 2.00. The van der Waals surface area contributed by atoms with Crippen LogP contribution in [0.1, 0.15) is 10.6 Å². The minimum Gasteiger partial charge on any atom is -0.380 e. The Balaban J connectivity index is 2.02. The molecule has 15 heavy (non-hydrogen) atoms. The lowest BCUT2D eigenvalue weighted by Crippen LogP contribution is -1.98. The predicted octanol–water partition coefficient (Wildman–Crippen LogP) is 3.83. The molecule has 0 spiro atoms. The van der Waals surface area contributed by atoms with E-state index >= 15 is 0 Å². The van der Waals surface area contributed by atoms with Crippen molar-refractivity contribution in [3.05, 3.63) is 44.8 Å². The molecular weight excluding hydrogens is 272 g/mol. The molecule has 0 bridgehead atoms. The van der Waals surface area contributed by atoms with Gasteiger partial charge in [0.25, 0.3) is 0 Å². The molecule has 0 fully saturated rings. The van der Waals surface area contributed by atoms with Crippen LogP contribution < -0.4 is 5.32 Å². The van der Waals surface area contributed by atoms with Crippen LogP contribution in [0.25, 0.3) is 0 Å². The largest absolute Gasteiger partial charge is 0.380 e. The number of pyridine rings is 1. The maximum Gasteiger partial charge on any atom is 0.0505 e. The van der Waals surface area contributed by atoms with E-state index < -0.39 is 0 Å². The Morgan fingerprint density at radius 3 is 3.00 bits per heavy atom. The summed E-state index contributed by atoms with van der Waals surface area (Å²) in [7, 11) is 0. The van der Waals surface area contributed by atoms with Gasteiger partial charge >= 0.3 is 0 Å². The molecule has 78 valence electrons. The SMILES string of the molecule is Cc1cc(NCc2sccc2Br)ccn1. The Bertz CT molecular complexity index is 453. The van der Waals surface area contributed by atoms with Crippen LogP contribution in [0, 0.1) is 6.92 Å². The van der Waals surface area contributed by atoms with Crippen molar-refractivity contribution < 1.29 is 0 Å². The standard InChI is InChI=1S/C11H11BrN2S/c1-8-6-9(2-4-13-8)14-7-11-10(12)3-5-15-11/h2-6H,7H2,1H3,(H,13,14). The highest BCUT2D eigenvalue weighted by atomic mass is 79.9. The highest BCUT2D eigenvalue weighted by Crippen LogP contribution is 2.23. The van der Waals surface area contributed by atoms with Crippen LogP contribution >= 0.6 is 27.3 Å². The normalized spacial score (nSPS) is 10.3. The monoisotopic (exact) mass is 282 g/mol. The third-order valence-corrected chi connectivity index (χ3v) is 3.97. The van der Waals surface area contributed by atoms with Crippen molar-refractivity contribution in [1.29, 1.82) is 0 Å². The molecule has 0 unspecified atom stereocenters. The zero-order valence-corrected chi connectivity index (χ0v) is 10.7. The third kappa shape index (κ3) is 2.79. The zero-order chi connectivity index (χ0) is 10.7. The lowest BCUT2D eigenvalue weighted by Gasteiger charge is -2.05. The van der Waals surface area contributed by atoms with Gasteiger partial charge in [-0.1, -0.05) is 0 Å². The van der Waals surface area contributed by atoms with Crippen molar-refractivity contribution in [3.63, 3.8) is 0 Å². The number of anilines is 1. The van der Waals surface area contributed by atoms with Gasteiger partial charge in [0, 0.05) is 26.9 Å². The van der Waals surface area contributed by atoms with Crippen LogP contribution in [0.15, 0.2) is 34.2 Å². The van der Waals surface area contributed by atoms with E-state index in [0.29, 0.717) is 0 Å². The van der Waals surface area contributed by atoms with E-state index in [1.54, 1.807) is 11.3 Å². The number of hydrogen-bond donors (Lipinski definition) is 1. The lowest BCUT2D eigenvalue weighted by molar-refractivity contribution is 1.15. The van der Waals surface area contributed by atoms with E-state index in [4.69, 9.17) is 0 Å². The van der Waals surface area contributed by atoms with Crippen molar-refractivity contribution in [3.8, 4) is 0 Å². The van der Waals surface area contributed by atoms with Crippen LogP contribution in [-0.4, -0.2) is 4.98 Å². The average Bonchev–Trinajstić information content (AvgIpc) is 2.61. The first-order valence-corrected chi connectivity index (χ1v) is 6.31. The number of aryl methyl sites for hydroxylation is 1. The van der Waals surface area contributed by atoms with Gasteiger partial charge in [0.15, 0.2) is 0 Å². The Kier molecular flexibility index (Phi) is 3.38. The molecule has 0 radical (unpaired) electrons. The molecule has 4 heteroatoms. The first-order chi connectivity index (χ1) is 7.25. The number of halogens is 1. The molecule has 2 heterocycles. The van der Waals surface area contributed by atoms with Gasteiger partial charge in [-0.15, -0.1) is 11.3 Å². The Labute approximate surface area is 101 Å². The molecule has 2 nitrogen and oxygen atoms in total. The van der Waals surface area contributed by atoms with Crippen molar-refractivity contribution >= 4 is 33.0 Å². The second-order valence-electron chi connectivity index (χ2n) is 3.23. The van der Waals surface area contributed by atoms with Gasteiger partial charge in [0.2, 0.25) is 0 Å². The molecule has 0 saturated heterocycles. The fourth-order valence-electron chi connectivity index (χ4n) is 1.29. The molecule has 0 aliphatic carbocycles. The summed E-state index contributed by atoms with van der Waals surface area (Å²) in [6, 6.07) is 6.09. The Hall–Kier alpha value is -0.870. The Morgan fingerprint density at radius 1 is 1.47 bits per heavy atom. The van der Waals surface area contributed by atoms with Gasteiger partial charge in [-0.2, -0.15) is 0 Å². The number of thiophene rings is 1. The third-order valence-electron chi connectivity index (χ3n) is 2.04.